The molecule has 8 heteroatoms. The normalized spacial score (nSPS) is 12.6. The van der Waals surface area contributed by atoms with E-state index in [1.807, 2.05) is 44.0 Å². The minimum absolute atomic E-state index is 0.0301. The Morgan fingerprint density at radius 1 is 1.08 bits per heavy atom. The van der Waals surface area contributed by atoms with Crippen LogP contribution in [0.25, 0.3) is 11.0 Å². The molecule has 0 saturated carbocycles. The number of aryl methyl sites for hydroxylation is 3. The molecule has 1 aliphatic rings. The minimum atomic E-state index is -0.0976. The van der Waals surface area contributed by atoms with Gasteiger partial charge in [0.25, 0.3) is 5.91 Å². The molecule has 1 N–H and O–H groups in total. The number of hydrogen-bond donors (Lipinski definition) is 1. The smallest absolute Gasteiger partial charge is 0.258 e. The SMILES string of the molecule is COc1nn(C)c2nc(C)c(CCC(=O)Nc3ccc(C(=O)N4CCc5ccccc54)cc3)c(C)c12. The summed E-state index contributed by atoms with van der Waals surface area (Å²) in [7, 11) is 3.43. The van der Waals surface area contributed by atoms with Gasteiger partial charge in [-0.3, -0.25) is 9.59 Å². The lowest BCUT2D eigenvalue weighted by Gasteiger charge is -2.17. The average molecular weight is 484 g/mol. The van der Waals surface area contributed by atoms with E-state index < -0.39 is 0 Å². The second-order valence-electron chi connectivity index (χ2n) is 9.09. The lowest BCUT2D eigenvalue weighted by Crippen LogP contribution is -2.28. The van der Waals surface area contributed by atoms with Crippen LogP contribution in [0.15, 0.2) is 48.5 Å². The summed E-state index contributed by atoms with van der Waals surface area (Å²) in [6, 6.07) is 15.1. The Labute approximate surface area is 209 Å². The average Bonchev–Trinajstić information content (AvgIpc) is 3.45. The van der Waals surface area contributed by atoms with Crippen LogP contribution in [-0.2, 0) is 24.7 Å². The molecular weight excluding hydrogens is 454 g/mol. The number of carbonyl (C=O) groups excluding carboxylic acids is 2. The van der Waals surface area contributed by atoms with Gasteiger partial charge in [0.05, 0.1) is 12.5 Å². The second kappa shape index (κ2) is 9.45. The molecule has 0 bridgehead atoms. The van der Waals surface area contributed by atoms with Crippen molar-refractivity contribution < 1.29 is 14.3 Å². The lowest BCUT2D eigenvalue weighted by atomic mass is 10.00. The third-order valence-electron chi connectivity index (χ3n) is 6.87. The maximum Gasteiger partial charge on any atom is 0.258 e. The molecule has 2 aromatic heterocycles. The van der Waals surface area contributed by atoms with Gasteiger partial charge in [0.15, 0.2) is 5.65 Å². The van der Waals surface area contributed by atoms with Crippen LogP contribution in [0.4, 0.5) is 11.4 Å². The Bertz CT molecular complexity index is 1470. The molecule has 0 fully saturated rings. The van der Waals surface area contributed by atoms with Crippen molar-refractivity contribution in [1.29, 1.82) is 0 Å². The third-order valence-corrected chi connectivity index (χ3v) is 6.87. The maximum atomic E-state index is 13.0. The van der Waals surface area contributed by atoms with Gasteiger partial charge in [-0.1, -0.05) is 18.2 Å². The number of rotatable bonds is 6. The molecule has 0 saturated heterocycles. The molecule has 0 atom stereocenters. The van der Waals surface area contributed by atoms with Crippen molar-refractivity contribution in [1.82, 2.24) is 14.8 Å². The van der Waals surface area contributed by atoms with Crippen molar-refractivity contribution >= 4 is 34.2 Å². The van der Waals surface area contributed by atoms with E-state index in [0.29, 0.717) is 36.5 Å². The van der Waals surface area contributed by atoms with E-state index in [1.165, 1.54) is 5.56 Å². The number of ether oxygens (including phenoxy) is 1. The van der Waals surface area contributed by atoms with Crippen LogP contribution < -0.4 is 15.0 Å². The van der Waals surface area contributed by atoms with Gasteiger partial charge >= 0.3 is 0 Å². The summed E-state index contributed by atoms with van der Waals surface area (Å²) in [6.45, 7) is 4.65. The van der Waals surface area contributed by atoms with Gasteiger partial charge in [0.1, 0.15) is 0 Å². The first-order chi connectivity index (χ1) is 17.4. The van der Waals surface area contributed by atoms with E-state index in [0.717, 1.165) is 40.0 Å². The van der Waals surface area contributed by atoms with Crippen LogP contribution in [0.1, 0.15) is 39.2 Å². The number of carbonyl (C=O) groups is 2. The van der Waals surface area contributed by atoms with Crippen LogP contribution in [0, 0.1) is 13.8 Å². The second-order valence-corrected chi connectivity index (χ2v) is 9.09. The summed E-state index contributed by atoms with van der Waals surface area (Å²) >= 11 is 0. The zero-order valence-corrected chi connectivity index (χ0v) is 21.0. The van der Waals surface area contributed by atoms with Gasteiger partial charge in [-0.15, -0.1) is 5.10 Å². The molecule has 0 radical (unpaired) electrons. The number of pyridine rings is 1. The highest BCUT2D eigenvalue weighted by Gasteiger charge is 2.25. The van der Waals surface area contributed by atoms with Gasteiger partial charge < -0.3 is 15.0 Å². The highest BCUT2D eigenvalue weighted by Crippen LogP contribution is 2.31. The van der Waals surface area contributed by atoms with Gasteiger partial charge in [0, 0.05) is 42.6 Å². The summed E-state index contributed by atoms with van der Waals surface area (Å²) in [6.07, 6.45) is 1.73. The first-order valence-corrected chi connectivity index (χ1v) is 12.0. The van der Waals surface area contributed by atoms with Crippen LogP contribution in [0.5, 0.6) is 5.88 Å². The largest absolute Gasteiger partial charge is 0.479 e. The number of nitrogens with one attached hydrogen (secondary N) is 1. The fourth-order valence-corrected chi connectivity index (χ4v) is 4.97. The summed E-state index contributed by atoms with van der Waals surface area (Å²) in [4.78, 5) is 32.2. The molecule has 5 rings (SSSR count). The summed E-state index contributed by atoms with van der Waals surface area (Å²) in [5.74, 6) is 0.410. The van der Waals surface area contributed by atoms with E-state index in [9.17, 15) is 9.59 Å². The Morgan fingerprint density at radius 2 is 1.83 bits per heavy atom. The number of para-hydroxylation sites is 1. The number of amides is 2. The van der Waals surface area contributed by atoms with Crippen LogP contribution in [0.2, 0.25) is 0 Å². The first-order valence-electron chi connectivity index (χ1n) is 12.0. The predicted octanol–water partition coefficient (Wildman–Crippen LogP) is 4.37. The minimum Gasteiger partial charge on any atom is -0.479 e. The van der Waals surface area contributed by atoms with E-state index in [1.54, 1.807) is 36.1 Å². The predicted molar refractivity (Wildman–Crippen MR) is 140 cm³/mol. The van der Waals surface area contributed by atoms with Gasteiger partial charge in [-0.25, -0.2) is 9.67 Å². The fraction of sp³-hybridized carbons (Fsp3) is 0.286. The Hall–Kier alpha value is -4.20. The molecule has 36 heavy (non-hydrogen) atoms. The molecular formula is C28H29N5O3. The lowest BCUT2D eigenvalue weighted by molar-refractivity contribution is -0.116. The zero-order valence-electron chi connectivity index (χ0n) is 21.0. The van der Waals surface area contributed by atoms with Crippen LogP contribution in [-0.4, -0.2) is 40.2 Å². The number of nitrogens with zero attached hydrogens (tertiary/aromatic N) is 4. The first kappa shape index (κ1) is 23.5. The number of anilines is 2. The van der Waals surface area contributed by atoms with Crippen molar-refractivity contribution in [3.8, 4) is 5.88 Å². The van der Waals surface area contributed by atoms with E-state index in [4.69, 9.17) is 9.72 Å². The molecule has 0 aliphatic carbocycles. The summed E-state index contributed by atoms with van der Waals surface area (Å²) < 4.78 is 7.14. The van der Waals surface area contributed by atoms with Crippen molar-refractivity contribution in [2.24, 2.45) is 7.05 Å². The number of methoxy groups -OCH3 is 1. The molecule has 8 nitrogen and oxygen atoms in total. The standard InChI is InChI=1S/C28H29N5O3/c1-17-22(18(2)29-26-25(17)27(36-4)31-32(26)3)13-14-24(34)30-21-11-9-20(10-12-21)28(35)33-16-15-19-7-5-6-8-23(19)33/h5-12H,13-16H2,1-4H3,(H,30,34). The number of benzene rings is 2. The molecule has 0 spiro atoms. The quantitative estimate of drug-likeness (QED) is 0.440. The zero-order chi connectivity index (χ0) is 25.4. The Morgan fingerprint density at radius 3 is 2.58 bits per heavy atom. The molecule has 2 amide bonds. The van der Waals surface area contributed by atoms with E-state index in [-0.39, 0.29) is 11.8 Å². The molecule has 4 aromatic rings. The molecule has 2 aromatic carbocycles. The number of hydrogen-bond acceptors (Lipinski definition) is 5. The molecule has 184 valence electrons. The van der Waals surface area contributed by atoms with Crippen molar-refractivity contribution in [3.05, 3.63) is 76.5 Å². The highest BCUT2D eigenvalue weighted by molar-refractivity contribution is 6.07. The summed E-state index contributed by atoms with van der Waals surface area (Å²) in [5.41, 5.74) is 7.12. The van der Waals surface area contributed by atoms with Gasteiger partial charge in [0.2, 0.25) is 11.8 Å². The van der Waals surface area contributed by atoms with Crippen molar-refractivity contribution in [3.63, 3.8) is 0 Å². The maximum absolute atomic E-state index is 13.0. The Kier molecular flexibility index (Phi) is 6.18. The Balaban J connectivity index is 1.24. The van der Waals surface area contributed by atoms with Crippen molar-refractivity contribution in [2.45, 2.75) is 33.1 Å². The van der Waals surface area contributed by atoms with Gasteiger partial charge in [-0.2, -0.15) is 0 Å². The van der Waals surface area contributed by atoms with Crippen LogP contribution >= 0.6 is 0 Å². The fourth-order valence-electron chi connectivity index (χ4n) is 4.97. The molecule has 0 unspecified atom stereocenters. The van der Waals surface area contributed by atoms with Crippen LogP contribution in [0.3, 0.4) is 0 Å². The topological polar surface area (TPSA) is 89.3 Å². The number of fused-ring (bicyclic) bond motifs is 2. The van der Waals surface area contributed by atoms with Gasteiger partial charge in [-0.05, 0) is 73.7 Å². The van der Waals surface area contributed by atoms with E-state index >= 15 is 0 Å². The third kappa shape index (κ3) is 4.19. The number of aromatic nitrogens is 3. The highest BCUT2D eigenvalue weighted by atomic mass is 16.5. The molecule has 3 heterocycles. The van der Waals surface area contributed by atoms with Crippen molar-refractivity contribution in [2.75, 3.05) is 23.9 Å². The summed E-state index contributed by atoms with van der Waals surface area (Å²) in [5, 5.41) is 8.20. The molecule has 1 aliphatic heterocycles. The van der Waals surface area contributed by atoms with E-state index in [2.05, 4.69) is 16.5 Å². The monoisotopic (exact) mass is 483 g/mol.